The normalized spacial score (nSPS) is 15.5. The Morgan fingerprint density at radius 1 is 0.939 bits per heavy atom. The van der Waals surface area contributed by atoms with Gasteiger partial charge in [-0.3, -0.25) is 9.69 Å². The summed E-state index contributed by atoms with van der Waals surface area (Å²) >= 11 is 0. The lowest BCUT2D eigenvalue weighted by atomic mass is 9.82. The minimum absolute atomic E-state index is 0.137. The van der Waals surface area contributed by atoms with Crippen LogP contribution in [0.25, 0.3) is 0 Å². The first kappa shape index (κ1) is 22.3. The Bertz CT molecular complexity index is 1120. The Balaban J connectivity index is 1.75. The molecule has 0 bridgehead atoms. The molecule has 1 aliphatic heterocycles. The van der Waals surface area contributed by atoms with Crippen LogP contribution in [0.15, 0.2) is 53.1 Å². The summed E-state index contributed by atoms with van der Waals surface area (Å²) in [7, 11) is 3.13. The third kappa shape index (κ3) is 3.90. The van der Waals surface area contributed by atoms with Gasteiger partial charge in [0.25, 0.3) is 5.91 Å². The Morgan fingerprint density at radius 2 is 1.45 bits per heavy atom. The predicted octanol–water partition coefficient (Wildman–Crippen LogP) is 3.38. The molecule has 0 unspecified atom stereocenters. The number of nitrogens with zero attached hydrogens (tertiary/aromatic N) is 3. The number of ether oxygens (including phenoxy) is 2. The molecule has 0 radical (unpaired) electrons. The zero-order valence-electron chi connectivity index (χ0n) is 19.2. The van der Waals surface area contributed by atoms with E-state index in [0.29, 0.717) is 28.5 Å². The standard InChI is InChI=1S/C24H26N4O5/c1-23(2,3)20-25-19(33-27-20)14-28-21(29)24(26-22(28)30,15-6-10-17(31-4)11-7-15)16-8-12-18(32-5)13-9-16/h6-13H,14H2,1-5H3,(H,26,30). The van der Waals surface area contributed by atoms with Crippen LogP contribution in [0.1, 0.15) is 43.6 Å². The fraction of sp³-hybridized carbons (Fsp3) is 0.333. The lowest BCUT2D eigenvalue weighted by Gasteiger charge is -2.28. The van der Waals surface area contributed by atoms with Gasteiger partial charge in [-0.1, -0.05) is 50.2 Å². The molecule has 0 spiro atoms. The van der Waals surface area contributed by atoms with Gasteiger partial charge >= 0.3 is 6.03 Å². The van der Waals surface area contributed by atoms with Crippen LogP contribution < -0.4 is 14.8 Å². The summed E-state index contributed by atoms with van der Waals surface area (Å²) in [6.45, 7) is 5.72. The summed E-state index contributed by atoms with van der Waals surface area (Å²) in [4.78, 5) is 32.4. The van der Waals surface area contributed by atoms with Crippen LogP contribution in [0.3, 0.4) is 0 Å². The Hall–Kier alpha value is -3.88. The highest BCUT2D eigenvalue weighted by molar-refractivity contribution is 6.09. The highest BCUT2D eigenvalue weighted by Crippen LogP contribution is 2.38. The van der Waals surface area contributed by atoms with Gasteiger partial charge in [0.05, 0.1) is 14.2 Å². The second kappa shape index (κ2) is 8.23. The molecule has 0 aliphatic carbocycles. The molecule has 1 fully saturated rings. The van der Waals surface area contributed by atoms with Gasteiger partial charge in [0.1, 0.15) is 18.0 Å². The van der Waals surface area contributed by atoms with Crippen molar-refractivity contribution in [1.29, 1.82) is 0 Å². The molecule has 3 aromatic rings. The van der Waals surface area contributed by atoms with Crippen LogP contribution in [-0.2, 0) is 22.3 Å². The van der Waals surface area contributed by atoms with Gasteiger partial charge in [-0.25, -0.2) is 4.79 Å². The Kier molecular flexibility index (Phi) is 5.57. The first-order valence-corrected chi connectivity index (χ1v) is 10.5. The monoisotopic (exact) mass is 450 g/mol. The van der Waals surface area contributed by atoms with Crippen molar-refractivity contribution < 1.29 is 23.6 Å². The molecule has 0 atom stereocenters. The number of rotatable bonds is 6. The average molecular weight is 450 g/mol. The quantitative estimate of drug-likeness (QED) is 0.574. The van der Waals surface area contributed by atoms with Crippen LogP contribution in [0.5, 0.6) is 11.5 Å². The smallest absolute Gasteiger partial charge is 0.326 e. The second-order valence-electron chi connectivity index (χ2n) is 8.79. The molecule has 3 amide bonds. The molecular formula is C24H26N4O5. The number of carbonyl (C=O) groups is 2. The topological polar surface area (TPSA) is 107 Å². The molecular weight excluding hydrogens is 424 g/mol. The maximum absolute atomic E-state index is 13.8. The zero-order chi connectivity index (χ0) is 23.8. The summed E-state index contributed by atoms with van der Waals surface area (Å²) < 4.78 is 15.8. The zero-order valence-corrected chi connectivity index (χ0v) is 19.2. The van der Waals surface area contributed by atoms with Crippen LogP contribution in [-0.4, -0.2) is 41.2 Å². The first-order valence-electron chi connectivity index (χ1n) is 10.5. The van der Waals surface area contributed by atoms with E-state index in [-0.39, 0.29) is 17.9 Å². The summed E-state index contributed by atoms with van der Waals surface area (Å²) in [5.74, 6) is 1.51. The van der Waals surface area contributed by atoms with Crippen molar-refractivity contribution in [2.45, 2.75) is 38.3 Å². The summed E-state index contributed by atoms with van der Waals surface area (Å²) in [6.07, 6.45) is 0. The molecule has 172 valence electrons. The highest BCUT2D eigenvalue weighted by atomic mass is 16.5. The van der Waals surface area contributed by atoms with E-state index in [4.69, 9.17) is 14.0 Å². The number of urea groups is 1. The molecule has 33 heavy (non-hydrogen) atoms. The lowest BCUT2D eigenvalue weighted by Crippen LogP contribution is -2.45. The number of amides is 3. The lowest BCUT2D eigenvalue weighted by molar-refractivity contribution is -0.130. The van der Waals surface area contributed by atoms with Gasteiger partial charge in [-0.15, -0.1) is 0 Å². The number of carbonyl (C=O) groups excluding carboxylic acids is 2. The van der Waals surface area contributed by atoms with Gasteiger partial charge in [0, 0.05) is 5.41 Å². The molecule has 2 aromatic carbocycles. The number of benzene rings is 2. The molecule has 9 heteroatoms. The largest absolute Gasteiger partial charge is 0.497 e. The molecule has 4 rings (SSSR count). The Morgan fingerprint density at radius 3 is 1.88 bits per heavy atom. The maximum Gasteiger partial charge on any atom is 0.326 e. The van der Waals surface area contributed by atoms with Gasteiger partial charge < -0.3 is 19.3 Å². The van der Waals surface area contributed by atoms with Crippen molar-refractivity contribution in [3.8, 4) is 11.5 Å². The molecule has 1 aliphatic rings. The van der Waals surface area contributed by atoms with Gasteiger partial charge in [0.15, 0.2) is 11.4 Å². The van der Waals surface area contributed by atoms with Crippen molar-refractivity contribution in [2.24, 2.45) is 0 Å². The van der Waals surface area contributed by atoms with Crippen LogP contribution in [0, 0.1) is 0 Å². The van der Waals surface area contributed by atoms with Gasteiger partial charge in [0.2, 0.25) is 5.89 Å². The summed E-state index contributed by atoms with van der Waals surface area (Å²) in [6, 6.07) is 13.5. The van der Waals surface area contributed by atoms with Crippen molar-refractivity contribution in [1.82, 2.24) is 20.4 Å². The SMILES string of the molecule is COc1ccc(C2(c3ccc(OC)cc3)NC(=O)N(Cc3nc(C(C)(C)C)no3)C2=O)cc1. The Labute approximate surface area is 191 Å². The third-order valence-corrected chi connectivity index (χ3v) is 5.58. The van der Waals surface area contributed by atoms with Crippen molar-refractivity contribution >= 4 is 11.9 Å². The number of imide groups is 1. The number of hydrogen-bond donors (Lipinski definition) is 1. The van der Waals surface area contributed by atoms with E-state index in [1.807, 2.05) is 20.8 Å². The predicted molar refractivity (Wildman–Crippen MR) is 119 cm³/mol. The minimum atomic E-state index is -1.43. The van der Waals surface area contributed by atoms with E-state index >= 15 is 0 Å². The molecule has 1 saturated heterocycles. The molecule has 2 heterocycles. The third-order valence-electron chi connectivity index (χ3n) is 5.58. The van der Waals surface area contributed by atoms with Crippen molar-refractivity contribution in [3.05, 3.63) is 71.4 Å². The fourth-order valence-electron chi connectivity index (χ4n) is 3.72. The first-order chi connectivity index (χ1) is 15.7. The minimum Gasteiger partial charge on any atom is -0.497 e. The van der Waals surface area contributed by atoms with E-state index in [9.17, 15) is 9.59 Å². The van der Waals surface area contributed by atoms with E-state index in [0.717, 1.165) is 4.90 Å². The number of aromatic nitrogens is 2. The van der Waals surface area contributed by atoms with Crippen LogP contribution >= 0.6 is 0 Å². The number of nitrogens with one attached hydrogen (secondary N) is 1. The second-order valence-corrected chi connectivity index (χ2v) is 8.79. The highest BCUT2D eigenvalue weighted by Gasteiger charge is 2.54. The summed E-state index contributed by atoms with van der Waals surface area (Å²) in [5.41, 5.74) is -0.567. The summed E-state index contributed by atoms with van der Waals surface area (Å²) in [5, 5.41) is 6.88. The molecule has 9 nitrogen and oxygen atoms in total. The number of methoxy groups -OCH3 is 2. The molecule has 0 saturated carbocycles. The van der Waals surface area contributed by atoms with Gasteiger partial charge in [-0.2, -0.15) is 4.98 Å². The molecule has 1 N–H and O–H groups in total. The fourth-order valence-corrected chi connectivity index (χ4v) is 3.72. The maximum atomic E-state index is 13.8. The van der Waals surface area contributed by atoms with Crippen LogP contribution in [0.4, 0.5) is 4.79 Å². The number of hydrogen-bond acceptors (Lipinski definition) is 7. The average Bonchev–Trinajstić information content (AvgIpc) is 3.39. The van der Waals surface area contributed by atoms with Crippen LogP contribution in [0.2, 0.25) is 0 Å². The van der Waals surface area contributed by atoms with E-state index in [1.54, 1.807) is 62.8 Å². The van der Waals surface area contributed by atoms with E-state index < -0.39 is 17.5 Å². The van der Waals surface area contributed by atoms with E-state index in [1.165, 1.54) is 0 Å². The van der Waals surface area contributed by atoms with Crippen molar-refractivity contribution in [2.75, 3.05) is 14.2 Å². The van der Waals surface area contributed by atoms with Crippen molar-refractivity contribution in [3.63, 3.8) is 0 Å². The van der Waals surface area contributed by atoms with E-state index in [2.05, 4.69) is 15.5 Å². The molecule has 1 aromatic heterocycles. The van der Waals surface area contributed by atoms with Gasteiger partial charge in [-0.05, 0) is 35.4 Å².